The molecule has 10 N–H and O–H groups in total. The molecule has 118 valence electrons. The van der Waals surface area contributed by atoms with Crippen LogP contribution in [0.1, 0.15) is 6.42 Å². The van der Waals surface area contributed by atoms with Crippen molar-refractivity contribution < 1.29 is 30.5 Å². The molecule has 0 aliphatic rings. The summed E-state index contributed by atoms with van der Waals surface area (Å²) in [6.07, 6.45) is 4.16. The van der Waals surface area contributed by atoms with E-state index in [4.69, 9.17) is 20.9 Å². The fraction of sp³-hybridized carbons (Fsp3) is 0.800. The molecule has 0 aromatic heterocycles. The van der Waals surface area contributed by atoms with Crippen molar-refractivity contribution in [1.29, 1.82) is 0 Å². The number of carbonyl (C=O) groups excluding carboxylic acids is 2. The Morgan fingerprint density at radius 3 is 2.05 bits per heavy atom. The van der Waals surface area contributed by atoms with Gasteiger partial charge in [0.05, 0.1) is 0 Å². The Hall–Kier alpha value is -0.520. The molecule has 0 saturated heterocycles. The second-order valence-corrected chi connectivity index (χ2v) is 6.10. The summed E-state index contributed by atoms with van der Waals surface area (Å²) < 4.78 is 9.77. The Balaban J connectivity index is 4.36. The van der Waals surface area contributed by atoms with Crippen LogP contribution in [0.15, 0.2) is 0 Å². The molecule has 0 heterocycles. The number of thioether (sulfide) groups is 2. The van der Waals surface area contributed by atoms with Crippen molar-refractivity contribution in [3.8, 4) is 0 Å². The van der Waals surface area contributed by atoms with Crippen molar-refractivity contribution in [3.63, 3.8) is 0 Å². The van der Waals surface area contributed by atoms with Crippen LogP contribution in [0, 0.1) is 0 Å². The Labute approximate surface area is 126 Å². The zero-order chi connectivity index (χ0) is 15.8. The smallest absolute Gasteiger partial charge is 0.324 e. The standard InChI is InChI=1S/C10H22N4O4S2/c1-19-4-3-6(11)8(15)17-10(13,14)18-9(16)7(12)5-20-2/h6-7H,3-5,11-14H2,1-2H3/p+2. The molecule has 0 bridgehead atoms. The normalized spacial score (nSPS) is 14.5. The van der Waals surface area contributed by atoms with Gasteiger partial charge in [0.25, 0.3) is 0 Å². The van der Waals surface area contributed by atoms with E-state index >= 15 is 0 Å². The Morgan fingerprint density at radius 1 is 1.10 bits per heavy atom. The van der Waals surface area contributed by atoms with Crippen LogP contribution in [-0.2, 0) is 19.1 Å². The van der Waals surface area contributed by atoms with Crippen LogP contribution in [0.5, 0.6) is 0 Å². The van der Waals surface area contributed by atoms with Gasteiger partial charge in [-0.2, -0.15) is 23.5 Å². The fourth-order valence-electron chi connectivity index (χ4n) is 1.15. The quantitative estimate of drug-likeness (QED) is 0.256. The van der Waals surface area contributed by atoms with Crippen molar-refractivity contribution >= 4 is 35.5 Å². The highest BCUT2D eigenvalue weighted by Gasteiger charge is 2.41. The van der Waals surface area contributed by atoms with Gasteiger partial charge < -0.3 is 20.9 Å². The van der Waals surface area contributed by atoms with Crippen LogP contribution in [-0.4, -0.2) is 54.1 Å². The summed E-state index contributed by atoms with van der Waals surface area (Å²) in [5.41, 5.74) is 18.1. The van der Waals surface area contributed by atoms with Gasteiger partial charge in [-0.3, -0.25) is 0 Å². The van der Waals surface area contributed by atoms with Gasteiger partial charge in [0.1, 0.15) is 12.1 Å². The van der Waals surface area contributed by atoms with Gasteiger partial charge in [0, 0.05) is 5.75 Å². The molecule has 0 saturated carbocycles. The van der Waals surface area contributed by atoms with E-state index in [-0.39, 0.29) is 0 Å². The lowest BCUT2D eigenvalue weighted by atomic mass is 10.2. The van der Waals surface area contributed by atoms with E-state index in [0.29, 0.717) is 12.2 Å². The van der Waals surface area contributed by atoms with Crippen LogP contribution in [0.4, 0.5) is 0 Å². The first-order chi connectivity index (χ1) is 9.23. The van der Waals surface area contributed by atoms with Crippen LogP contribution in [0.25, 0.3) is 0 Å². The predicted octanol–water partition coefficient (Wildman–Crippen LogP) is -3.06. The lowest BCUT2D eigenvalue weighted by Crippen LogP contribution is -2.98. The van der Waals surface area contributed by atoms with Crippen LogP contribution in [0.2, 0.25) is 0 Å². The van der Waals surface area contributed by atoms with E-state index in [1.807, 2.05) is 6.26 Å². The molecular formula is C10H24N4O4S2+2. The SMILES string of the molecule is CSCCC(N)C(=O)OC([NH3+])([NH3+])OC(=O)C(N)CSC. The topological polar surface area (TPSA) is 160 Å². The van der Waals surface area contributed by atoms with Crippen LogP contribution < -0.4 is 22.9 Å². The van der Waals surface area contributed by atoms with Gasteiger partial charge in [-0.1, -0.05) is 0 Å². The first-order valence-electron chi connectivity index (χ1n) is 5.89. The third-order valence-electron chi connectivity index (χ3n) is 2.16. The minimum absolute atomic E-state index is 0.385. The van der Waals surface area contributed by atoms with Gasteiger partial charge in [0.2, 0.25) is 0 Å². The molecular weight excluding hydrogens is 304 g/mol. The molecule has 0 aliphatic heterocycles. The van der Waals surface area contributed by atoms with Gasteiger partial charge in [-0.05, 0) is 24.7 Å². The maximum Gasteiger partial charge on any atom is 0.557 e. The number of carbonyl (C=O) groups is 2. The van der Waals surface area contributed by atoms with Gasteiger partial charge in [-0.15, -0.1) is 0 Å². The molecule has 0 spiro atoms. The summed E-state index contributed by atoms with van der Waals surface area (Å²) in [5.74, 6) is -0.336. The van der Waals surface area contributed by atoms with Crippen LogP contribution >= 0.6 is 23.5 Å². The van der Waals surface area contributed by atoms with Gasteiger partial charge in [-0.25, -0.2) is 21.1 Å². The number of ether oxygens (including phenoxy) is 2. The summed E-state index contributed by atoms with van der Waals surface area (Å²) in [6, 6.07) is -3.50. The number of hydrogen-bond donors (Lipinski definition) is 4. The molecule has 2 unspecified atom stereocenters. The van der Waals surface area contributed by atoms with Crippen molar-refractivity contribution in [2.24, 2.45) is 11.5 Å². The molecule has 0 fully saturated rings. The number of nitrogens with two attached hydrogens (primary N) is 2. The van der Waals surface area contributed by atoms with Crippen LogP contribution in [0.3, 0.4) is 0 Å². The minimum Gasteiger partial charge on any atom is -0.324 e. The van der Waals surface area contributed by atoms with Crippen molar-refractivity contribution in [2.45, 2.75) is 24.5 Å². The van der Waals surface area contributed by atoms with Crippen molar-refractivity contribution in [1.82, 2.24) is 0 Å². The Kier molecular flexibility index (Phi) is 9.18. The van der Waals surface area contributed by atoms with E-state index in [1.165, 1.54) is 11.8 Å². The number of rotatable bonds is 9. The number of quaternary nitrogens is 2. The first-order valence-corrected chi connectivity index (χ1v) is 8.67. The monoisotopic (exact) mass is 328 g/mol. The second-order valence-electron chi connectivity index (χ2n) is 4.20. The first kappa shape index (κ1) is 19.5. The molecule has 0 amide bonds. The molecule has 0 radical (unpaired) electrons. The molecule has 0 aromatic carbocycles. The van der Waals surface area contributed by atoms with E-state index in [2.05, 4.69) is 11.5 Å². The average Bonchev–Trinajstić information content (AvgIpc) is 2.34. The molecule has 10 heteroatoms. The van der Waals surface area contributed by atoms with E-state index < -0.39 is 30.1 Å². The lowest BCUT2D eigenvalue weighted by molar-refractivity contribution is -0.832. The highest BCUT2D eigenvalue weighted by atomic mass is 32.2. The maximum atomic E-state index is 11.7. The zero-order valence-corrected chi connectivity index (χ0v) is 13.4. The summed E-state index contributed by atoms with van der Waals surface area (Å²) in [4.78, 5) is 23.3. The molecule has 0 rings (SSSR count). The lowest BCUT2D eigenvalue weighted by Gasteiger charge is -2.19. The van der Waals surface area contributed by atoms with Gasteiger partial charge in [0.15, 0.2) is 0 Å². The predicted molar refractivity (Wildman–Crippen MR) is 78.0 cm³/mol. The molecule has 0 aliphatic carbocycles. The van der Waals surface area contributed by atoms with E-state index in [9.17, 15) is 9.59 Å². The third-order valence-corrected chi connectivity index (χ3v) is 3.49. The van der Waals surface area contributed by atoms with Crippen molar-refractivity contribution in [3.05, 3.63) is 0 Å². The van der Waals surface area contributed by atoms with E-state index in [0.717, 1.165) is 5.75 Å². The highest BCUT2D eigenvalue weighted by molar-refractivity contribution is 7.98. The molecule has 20 heavy (non-hydrogen) atoms. The molecule has 2 atom stereocenters. The number of hydrogen-bond acceptors (Lipinski definition) is 8. The third kappa shape index (κ3) is 7.92. The largest absolute Gasteiger partial charge is 0.557 e. The van der Waals surface area contributed by atoms with Gasteiger partial charge >= 0.3 is 18.0 Å². The zero-order valence-electron chi connectivity index (χ0n) is 11.8. The Morgan fingerprint density at radius 2 is 1.60 bits per heavy atom. The maximum absolute atomic E-state index is 11.7. The van der Waals surface area contributed by atoms with Crippen molar-refractivity contribution in [2.75, 3.05) is 24.0 Å². The summed E-state index contributed by atoms with van der Waals surface area (Å²) in [6.45, 7) is 0. The Bertz CT molecular complexity index is 330. The summed E-state index contributed by atoms with van der Waals surface area (Å²) >= 11 is 2.96. The highest BCUT2D eigenvalue weighted by Crippen LogP contribution is 2.04. The van der Waals surface area contributed by atoms with E-state index in [1.54, 1.807) is 18.0 Å². The summed E-state index contributed by atoms with van der Waals surface area (Å²) in [5, 5.41) is 0. The average molecular weight is 328 g/mol. The fourth-order valence-corrected chi connectivity index (χ4v) is 2.13. The number of esters is 2. The molecule has 0 aromatic rings. The molecule has 8 nitrogen and oxygen atoms in total. The second kappa shape index (κ2) is 9.42. The minimum atomic E-state index is -1.87. The summed E-state index contributed by atoms with van der Waals surface area (Å²) in [7, 11) is 0.